The number of carbonyl (C=O) groups is 2. The van der Waals surface area contributed by atoms with E-state index in [9.17, 15) is 9.59 Å². The van der Waals surface area contributed by atoms with Crippen molar-refractivity contribution in [3.63, 3.8) is 0 Å². The Morgan fingerprint density at radius 2 is 1.92 bits per heavy atom. The summed E-state index contributed by atoms with van der Waals surface area (Å²) in [4.78, 5) is 38.7. The van der Waals surface area contributed by atoms with Gasteiger partial charge in [0.1, 0.15) is 16.9 Å². The number of nitrogens with two attached hydrogens (primary N) is 1. The lowest BCUT2D eigenvalue weighted by molar-refractivity contribution is -0.123. The first kappa shape index (κ1) is 32.1. The number of piperidine rings is 1. The third kappa shape index (κ3) is 5.36. The Kier molecular flexibility index (Phi) is 7.71. The zero-order valence-electron chi connectivity index (χ0n) is 28.3. The second-order valence-corrected chi connectivity index (χ2v) is 14.5. The summed E-state index contributed by atoms with van der Waals surface area (Å²) < 4.78 is 46.4. The molecule has 3 N–H and O–H groups in total. The number of halogens is 2. The molecule has 8 rings (SSSR count). The van der Waals surface area contributed by atoms with E-state index in [2.05, 4.69) is 5.32 Å². The molecule has 4 bridgehead atoms. The maximum atomic E-state index is 15.8. The molecule has 4 aliphatic rings. The first-order valence-electron chi connectivity index (χ1n) is 17.3. The zero-order chi connectivity index (χ0) is 34.4. The van der Waals surface area contributed by atoms with Gasteiger partial charge < -0.3 is 34.6 Å². The number of pyridine rings is 1. The third-order valence-electron chi connectivity index (χ3n) is 11.4. The highest BCUT2D eigenvalue weighted by molar-refractivity contribution is 6.00. The summed E-state index contributed by atoms with van der Waals surface area (Å²) in [6.07, 6.45) is 3.67. The number of alkyl halides is 2. The van der Waals surface area contributed by atoms with Gasteiger partial charge in [-0.15, -0.1) is 0 Å². The summed E-state index contributed by atoms with van der Waals surface area (Å²) in [7, 11) is 5.02. The third-order valence-corrected chi connectivity index (χ3v) is 11.4. The molecule has 6 heterocycles. The number of carbonyl (C=O) groups excluding carboxylic acids is 2. The lowest BCUT2D eigenvalue weighted by Crippen LogP contribution is -2.60. The van der Waals surface area contributed by atoms with E-state index in [1.165, 1.54) is 0 Å². The van der Waals surface area contributed by atoms with Gasteiger partial charge in [0, 0.05) is 43.5 Å². The van der Waals surface area contributed by atoms with Gasteiger partial charge in [-0.3, -0.25) is 9.59 Å². The van der Waals surface area contributed by atoms with Crippen LogP contribution in [0.5, 0.6) is 5.75 Å². The molecule has 0 unspecified atom stereocenters. The minimum atomic E-state index is -3.01. The monoisotopic (exact) mass is 675 g/mol. The molecule has 13 heteroatoms. The SMILES string of the molecule is COc1cc(C(=O)N2[C@H]3CC[C@@H]2[C@H](N)[C@H](OC)C3)cc2nc(-c3cc4ccc5nc4n3CC(F)(F)CCC[C@@H]3C[C@H]3C(=O)N[C@@H]5C)n(C)c12. The number of amides is 2. The second kappa shape index (κ2) is 11.8. The average Bonchev–Trinajstić information content (AvgIpc) is 3.50. The van der Waals surface area contributed by atoms with E-state index in [4.69, 9.17) is 25.2 Å². The smallest absolute Gasteiger partial charge is 0.265 e. The van der Waals surface area contributed by atoms with Crippen molar-refractivity contribution in [2.45, 2.75) is 94.6 Å². The highest BCUT2D eigenvalue weighted by atomic mass is 19.3. The maximum absolute atomic E-state index is 15.8. The fourth-order valence-corrected chi connectivity index (χ4v) is 8.68. The molecule has 3 aromatic heterocycles. The van der Waals surface area contributed by atoms with Crippen LogP contribution in [-0.2, 0) is 23.1 Å². The molecule has 3 aliphatic heterocycles. The molecule has 49 heavy (non-hydrogen) atoms. The Morgan fingerprint density at radius 1 is 1.10 bits per heavy atom. The molecular weight excluding hydrogens is 632 g/mol. The van der Waals surface area contributed by atoms with Crippen molar-refractivity contribution < 1.29 is 27.8 Å². The number of hydrogen-bond acceptors (Lipinski definition) is 7. The molecular formula is C36H43F2N7O4. The van der Waals surface area contributed by atoms with Gasteiger partial charge in [0.15, 0.2) is 5.82 Å². The fraction of sp³-hybridized carbons (Fsp3) is 0.556. The summed E-state index contributed by atoms with van der Waals surface area (Å²) in [5.41, 5.74) is 9.61. The number of aryl methyl sites for hydroxylation is 1. The summed E-state index contributed by atoms with van der Waals surface area (Å²) in [5.74, 6) is -2.26. The number of imidazole rings is 1. The summed E-state index contributed by atoms with van der Waals surface area (Å²) >= 11 is 0. The van der Waals surface area contributed by atoms with Crippen LogP contribution in [0.1, 0.15) is 74.0 Å². The van der Waals surface area contributed by atoms with E-state index in [0.29, 0.717) is 69.9 Å². The van der Waals surface area contributed by atoms with Gasteiger partial charge in [-0.25, -0.2) is 18.7 Å². The van der Waals surface area contributed by atoms with Crippen LogP contribution >= 0.6 is 0 Å². The molecule has 7 atom stereocenters. The van der Waals surface area contributed by atoms with E-state index in [1.54, 1.807) is 30.9 Å². The fourth-order valence-electron chi connectivity index (χ4n) is 8.68. The van der Waals surface area contributed by atoms with Crippen molar-refractivity contribution in [2.24, 2.45) is 24.6 Å². The minimum absolute atomic E-state index is 0.0359. The van der Waals surface area contributed by atoms with Gasteiger partial charge in [0.2, 0.25) is 5.91 Å². The first-order chi connectivity index (χ1) is 23.5. The predicted octanol–water partition coefficient (Wildman–Crippen LogP) is 4.95. The Bertz CT molecular complexity index is 1970. The number of fused-ring (bicyclic) bond motifs is 5. The van der Waals surface area contributed by atoms with Crippen molar-refractivity contribution in [3.05, 3.63) is 41.6 Å². The molecule has 0 spiro atoms. The van der Waals surface area contributed by atoms with Crippen LogP contribution in [0.25, 0.3) is 33.6 Å². The maximum Gasteiger partial charge on any atom is 0.265 e. The Balaban J connectivity index is 1.21. The van der Waals surface area contributed by atoms with Gasteiger partial charge in [-0.05, 0) is 81.7 Å². The van der Waals surface area contributed by atoms with Gasteiger partial charge in [-0.1, -0.05) is 0 Å². The highest BCUT2D eigenvalue weighted by Gasteiger charge is 2.48. The molecule has 2 amide bonds. The lowest BCUT2D eigenvalue weighted by atomic mass is 9.94. The molecule has 2 saturated heterocycles. The van der Waals surface area contributed by atoms with Crippen LogP contribution in [0.3, 0.4) is 0 Å². The van der Waals surface area contributed by atoms with E-state index >= 15 is 8.78 Å². The lowest BCUT2D eigenvalue weighted by Gasteiger charge is -2.42. The number of methoxy groups -OCH3 is 2. The zero-order valence-corrected chi connectivity index (χ0v) is 28.3. The first-order valence-corrected chi connectivity index (χ1v) is 17.3. The molecule has 4 aromatic rings. The van der Waals surface area contributed by atoms with Crippen molar-refractivity contribution in [2.75, 3.05) is 14.2 Å². The van der Waals surface area contributed by atoms with E-state index < -0.39 is 12.5 Å². The average molecular weight is 676 g/mol. The van der Waals surface area contributed by atoms with Crippen LogP contribution in [0.2, 0.25) is 0 Å². The summed E-state index contributed by atoms with van der Waals surface area (Å²) in [6.45, 7) is 1.30. The number of nitrogens with zero attached hydrogens (tertiary/aromatic N) is 5. The van der Waals surface area contributed by atoms with Crippen LogP contribution in [-0.4, -0.2) is 80.2 Å². The topological polar surface area (TPSA) is 130 Å². The molecule has 11 nitrogen and oxygen atoms in total. The van der Waals surface area contributed by atoms with Crippen LogP contribution < -0.4 is 15.8 Å². The number of ether oxygens (including phenoxy) is 2. The quantitative estimate of drug-likeness (QED) is 0.313. The summed E-state index contributed by atoms with van der Waals surface area (Å²) in [6, 6.07) is 8.26. The van der Waals surface area contributed by atoms with E-state index in [1.807, 2.05) is 41.6 Å². The normalized spacial score (nSPS) is 29.6. The van der Waals surface area contributed by atoms with Gasteiger partial charge >= 0.3 is 0 Å². The number of rotatable bonds is 4. The van der Waals surface area contributed by atoms with Gasteiger partial charge in [-0.2, -0.15) is 0 Å². The molecule has 1 saturated carbocycles. The Labute approximate surface area is 283 Å². The molecule has 260 valence electrons. The van der Waals surface area contributed by atoms with E-state index in [0.717, 1.165) is 19.3 Å². The van der Waals surface area contributed by atoms with E-state index in [-0.39, 0.29) is 60.3 Å². The van der Waals surface area contributed by atoms with Crippen LogP contribution in [0, 0.1) is 11.8 Å². The molecule has 1 aromatic carbocycles. The van der Waals surface area contributed by atoms with Gasteiger partial charge in [0.05, 0.1) is 54.8 Å². The number of nitrogens with one attached hydrogen (secondary N) is 1. The Morgan fingerprint density at radius 3 is 2.69 bits per heavy atom. The second-order valence-electron chi connectivity index (χ2n) is 14.5. The molecule has 3 fully saturated rings. The standard InChI is InChI=1S/C36H43F2N7O4/c1-18-24-9-7-20-14-27(44(32(20)41-24)17-36(37,38)11-5-6-19-12-23(19)34(46)40-18)33-42-25-13-21(15-29(49-4)31(25)43(33)2)35(47)45-22-8-10-26(45)30(39)28(16-22)48-3/h7,9,13-15,18-19,22-23,26,28,30H,5-6,8,10-12,16-17,39H2,1-4H3,(H,40,46)/t18-,19-,22+,23-,26-,28-,30+/m1/s1. The van der Waals surface area contributed by atoms with Crippen LogP contribution in [0.15, 0.2) is 30.3 Å². The van der Waals surface area contributed by atoms with Crippen molar-refractivity contribution in [1.29, 1.82) is 0 Å². The summed E-state index contributed by atoms with van der Waals surface area (Å²) in [5, 5.41) is 3.77. The molecule has 0 radical (unpaired) electrons. The highest BCUT2D eigenvalue weighted by Crippen LogP contribution is 2.44. The van der Waals surface area contributed by atoms with Crippen molar-refractivity contribution in [1.82, 2.24) is 29.3 Å². The number of hydrogen-bond donors (Lipinski definition) is 2. The number of benzene rings is 1. The predicted molar refractivity (Wildman–Crippen MR) is 179 cm³/mol. The largest absolute Gasteiger partial charge is 0.494 e. The Hall–Kier alpha value is -4.10. The van der Waals surface area contributed by atoms with Crippen molar-refractivity contribution in [3.8, 4) is 17.3 Å². The van der Waals surface area contributed by atoms with Crippen molar-refractivity contribution >= 4 is 33.9 Å². The van der Waals surface area contributed by atoms with Gasteiger partial charge in [0.25, 0.3) is 11.8 Å². The minimum Gasteiger partial charge on any atom is -0.494 e. The van der Waals surface area contributed by atoms with Crippen LogP contribution in [0.4, 0.5) is 8.78 Å². The molecule has 1 aliphatic carbocycles. The number of aromatic nitrogens is 4.